The van der Waals surface area contributed by atoms with Gasteiger partial charge in [0.1, 0.15) is 12.1 Å². The van der Waals surface area contributed by atoms with Crippen LogP contribution in [0, 0.1) is 18.8 Å². The van der Waals surface area contributed by atoms with Crippen LogP contribution in [-0.4, -0.2) is 53.1 Å². The number of rotatable bonds is 12. The van der Waals surface area contributed by atoms with Crippen molar-refractivity contribution in [2.45, 2.75) is 78.8 Å². The van der Waals surface area contributed by atoms with Crippen LogP contribution in [-0.2, 0) is 24.0 Å². The van der Waals surface area contributed by atoms with Crippen molar-refractivity contribution in [3.63, 3.8) is 0 Å². The molecule has 0 saturated carbocycles. The monoisotopic (exact) mass is 486 g/mol. The summed E-state index contributed by atoms with van der Waals surface area (Å²) in [6, 6.07) is 5.81. The van der Waals surface area contributed by atoms with Gasteiger partial charge in [-0.05, 0) is 44.7 Å². The molecule has 9 nitrogen and oxygen atoms in total. The minimum absolute atomic E-state index is 0.125. The molecular formula is C26H38N4O5. The molecule has 0 bridgehead atoms. The standard InChI is InChI=1S/C26H38N4O5/c1-16(2)23(25(34)27-19(5)24(33)28-20-12-10-17(3)11-13-20)29-21(31)9-7-6-8-14-30-22(32)15-18(4)26(30)35/h10-13,16,18-19,23H,6-9,14-15H2,1-5H3,(H,27,34)(H,28,33)(H,29,31)/t18?,19-,23?/m0/s1. The van der Waals surface area contributed by atoms with Gasteiger partial charge in [-0.3, -0.25) is 28.9 Å². The van der Waals surface area contributed by atoms with Crippen molar-refractivity contribution in [3.8, 4) is 0 Å². The Labute approximate surface area is 207 Å². The molecule has 1 saturated heterocycles. The first kappa shape index (κ1) is 28.0. The smallest absolute Gasteiger partial charge is 0.246 e. The molecule has 2 unspecified atom stereocenters. The van der Waals surface area contributed by atoms with E-state index < -0.39 is 18.0 Å². The summed E-state index contributed by atoms with van der Waals surface area (Å²) in [5, 5.41) is 8.21. The summed E-state index contributed by atoms with van der Waals surface area (Å²) in [6.07, 6.45) is 2.41. The quantitative estimate of drug-likeness (QED) is 0.309. The fraction of sp³-hybridized carbons (Fsp3) is 0.577. The molecule has 1 heterocycles. The number of aryl methyl sites for hydroxylation is 1. The zero-order chi connectivity index (χ0) is 26.1. The van der Waals surface area contributed by atoms with E-state index in [0.717, 1.165) is 5.56 Å². The molecule has 9 heteroatoms. The van der Waals surface area contributed by atoms with Gasteiger partial charge in [0.15, 0.2) is 0 Å². The van der Waals surface area contributed by atoms with E-state index in [2.05, 4.69) is 16.0 Å². The van der Waals surface area contributed by atoms with E-state index in [9.17, 15) is 24.0 Å². The first-order valence-electron chi connectivity index (χ1n) is 12.3. The van der Waals surface area contributed by atoms with Gasteiger partial charge >= 0.3 is 0 Å². The molecule has 0 radical (unpaired) electrons. The normalized spacial score (nSPS) is 17.3. The molecule has 5 amide bonds. The number of anilines is 1. The Kier molecular flexibility index (Phi) is 10.4. The Morgan fingerprint density at radius 3 is 2.20 bits per heavy atom. The number of hydrogen-bond donors (Lipinski definition) is 3. The predicted molar refractivity (Wildman–Crippen MR) is 133 cm³/mol. The minimum Gasteiger partial charge on any atom is -0.344 e. The van der Waals surface area contributed by atoms with E-state index in [-0.39, 0.29) is 48.3 Å². The van der Waals surface area contributed by atoms with Crippen molar-refractivity contribution in [2.24, 2.45) is 11.8 Å². The fourth-order valence-corrected chi connectivity index (χ4v) is 3.85. The molecule has 1 aromatic carbocycles. The topological polar surface area (TPSA) is 125 Å². The highest BCUT2D eigenvalue weighted by Crippen LogP contribution is 2.19. The number of benzene rings is 1. The van der Waals surface area contributed by atoms with Gasteiger partial charge < -0.3 is 16.0 Å². The van der Waals surface area contributed by atoms with Crippen molar-refractivity contribution in [3.05, 3.63) is 29.8 Å². The Balaban J connectivity index is 1.74. The van der Waals surface area contributed by atoms with Crippen LogP contribution in [0.15, 0.2) is 24.3 Å². The zero-order valence-electron chi connectivity index (χ0n) is 21.3. The third-order valence-electron chi connectivity index (χ3n) is 6.09. The number of carbonyl (C=O) groups is 5. The molecule has 192 valence electrons. The molecule has 0 aromatic heterocycles. The summed E-state index contributed by atoms with van der Waals surface area (Å²) in [6.45, 7) is 9.33. The lowest BCUT2D eigenvalue weighted by Crippen LogP contribution is -2.53. The average molecular weight is 487 g/mol. The molecule has 35 heavy (non-hydrogen) atoms. The number of nitrogens with one attached hydrogen (secondary N) is 3. The number of unbranched alkanes of at least 4 members (excludes halogenated alkanes) is 2. The maximum atomic E-state index is 12.8. The Hall–Kier alpha value is -3.23. The highest BCUT2D eigenvalue weighted by atomic mass is 16.2. The number of amides is 5. The van der Waals surface area contributed by atoms with E-state index in [4.69, 9.17) is 0 Å². The van der Waals surface area contributed by atoms with Crippen LogP contribution in [0.5, 0.6) is 0 Å². The van der Waals surface area contributed by atoms with E-state index in [1.165, 1.54) is 4.90 Å². The largest absolute Gasteiger partial charge is 0.344 e. The third kappa shape index (κ3) is 8.49. The average Bonchev–Trinajstić information content (AvgIpc) is 3.04. The number of carbonyl (C=O) groups excluding carboxylic acids is 5. The summed E-state index contributed by atoms with van der Waals surface area (Å²) in [5.74, 6) is -1.68. The molecule has 3 N–H and O–H groups in total. The second-order valence-electron chi connectivity index (χ2n) is 9.67. The molecule has 1 aromatic rings. The molecule has 3 atom stereocenters. The lowest BCUT2D eigenvalue weighted by Gasteiger charge is -2.24. The van der Waals surface area contributed by atoms with Gasteiger partial charge in [0.25, 0.3) is 0 Å². The summed E-state index contributed by atoms with van der Waals surface area (Å²) in [7, 11) is 0. The van der Waals surface area contributed by atoms with Gasteiger partial charge in [0, 0.05) is 31.0 Å². The molecule has 1 aliphatic rings. The van der Waals surface area contributed by atoms with Crippen LogP contribution in [0.1, 0.15) is 65.4 Å². The lowest BCUT2D eigenvalue weighted by atomic mass is 10.0. The molecule has 2 rings (SSSR count). The second kappa shape index (κ2) is 13.0. The van der Waals surface area contributed by atoms with E-state index in [1.807, 2.05) is 32.9 Å². The molecule has 1 aliphatic heterocycles. The van der Waals surface area contributed by atoms with Gasteiger partial charge in [0.2, 0.25) is 29.5 Å². The number of hydrogen-bond acceptors (Lipinski definition) is 5. The number of nitrogens with zero attached hydrogens (tertiary/aromatic N) is 1. The molecule has 0 aliphatic carbocycles. The van der Waals surface area contributed by atoms with Gasteiger partial charge in [-0.2, -0.15) is 0 Å². The Morgan fingerprint density at radius 1 is 0.971 bits per heavy atom. The van der Waals surface area contributed by atoms with Gasteiger partial charge in [0.05, 0.1) is 0 Å². The minimum atomic E-state index is -0.777. The SMILES string of the molecule is Cc1ccc(NC(=O)[C@H](C)NC(=O)C(NC(=O)CCCCCN2C(=O)CC(C)C2=O)C(C)C)cc1. The van der Waals surface area contributed by atoms with Crippen LogP contribution >= 0.6 is 0 Å². The van der Waals surface area contributed by atoms with Crippen LogP contribution in [0.2, 0.25) is 0 Å². The first-order valence-corrected chi connectivity index (χ1v) is 12.3. The van der Waals surface area contributed by atoms with Crippen molar-refractivity contribution in [2.75, 3.05) is 11.9 Å². The highest BCUT2D eigenvalue weighted by Gasteiger charge is 2.34. The van der Waals surface area contributed by atoms with E-state index in [0.29, 0.717) is 31.5 Å². The molecule has 0 spiro atoms. The second-order valence-corrected chi connectivity index (χ2v) is 9.67. The Morgan fingerprint density at radius 2 is 1.63 bits per heavy atom. The maximum Gasteiger partial charge on any atom is 0.246 e. The van der Waals surface area contributed by atoms with Crippen molar-refractivity contribution < 1.29 is 24.0 Å². The maximum absolute atomic E-state index is 12.8. The summed E-state index contributed by atoms with van der Waals surface area (Å²) in [5.41, 5.74) is 1.72. The molecular weight excluding hydrogens is 448 g/mol. The van der Waals surface area contributed by atoms with Gasteiger partial charge in [-0.25, -0.2) is 0 Å². The summed E-state index contributed by atoms with van der Waals surface area (Å²) in [4.78, 5) is 62.7. The summed E-state index contributed by atoms with van der Waals surface area (Å²) >= 11 is 0. The van der Waals surface area contributed by atoms with Crippen LogP contribution < -0.4 is 16.0 Å². The van der Waals surface area contributed by atoms with Gasteiger partial charge in [-0.1, -0.05) is 44.9 Å². The van der Waals surface area contributed by atoms with Crippen LogP contribution in [0.25, 0.3) is 0 Å². The highest BCUT2D eigenvalue weighted by molar-refractivity contribution is 6.03. The zero-order valence-corrected chi connectivity index (χ0v) is 21.3. The van der Waals surface area contributed by atoms with Crippen molar-refractivity contribution >= 4 is 35.2 Å². The van der Waals surface area contributed by atoms with E-state index >= 15 is 0 Å². The first-order chi connectivity index (χ1) is 16.5. The number of likely N-dealkylation sites (tertiary alicyclic amines) is 1. The summed E-state index contributed by atoms with van der Waals surface area (Å²) < 4.78 is 0. The predicted octanol–water partition coefficient (Wildman–Crippen LogP) is 2.53. The van der Waals surface area contributed by atoms with Crippen LogP contribution in [0.4, 0.5) is 5.69 Å². The van der Waals surface area contributed by atoms with Crippen molar-refractivity contribution in [1.29, 1.82) is 0 Å². The lowest BCUT2D eigenvalue weighted by molar-refractivity contribution is -0.139. The Bertz CT molecular complexity index is 928. The fourth-order valence-electron chi connectivity index (χ4n) is 3.85. The van der Waals surface area contributed by atoms with Crippen LogP contribution in [0.3, 0.4) is 0 Å². The molecule has 1 fully saturated rings. The van der Waals surface area contributed by atoms with Gasteiger partial charge in [-0.15, -0.1) is 0 Å². The van der Waals surface area contributed by atoms with E-state index in [1.54, 1.807) is 26.0 Å². The number of imide groups is 1. The third-order valence-corrected chi connectivity index (χ3v) is 6.09. The van der Waals surface area contributed by atoms with Crippen molar-refractivity contribution in [1.82, 2.24) is 15.5 Å².